The minimum Gasteiger partial charge on any atom is -0.309 e. The first-order chi connectivity index (χ1) is 18.7. The van der Waals surface area contributed by atoms with Crippen molar-refractivity contribution in [2.75, 3.05) is 0 Å². The summed E-state index contributed by atoms with van der Waals surface area (Å²) in [5, 5.41) is 2.50. The lowest BCUT2D eigenvalue weighted by molar-refractivity contribution is 0.666. The van der Waals surface area contributed by atoms with Crippen LogP contribution in [0.15, 0.2) is 97.3 Å². The Labute approximate surface area is 225 Å². The summed E-state index contributed by atoms with van der Waals surface area (Å²) in [6.45, 7) is 6.74. The molecule has 0 amide bonds. The van der Waals surface area contributed by atoms with Crippen molar-refractivity contribution in [1.29, 1.82) is 0 Å². The van der Waals surface area contributed by atoms with E-state index in [4.69, 9.17) is 4.98 Å². The Bertz CT molecular complexity index is 1700. The highest BCUT2D eigenvalue weighted by atomic mass is 15.1. The van der Waals surface area contributed by atoms with Gasteiger partial charge in [0, 0.05) is 34.4 Å². The fourth-order valence-corrected chi connectivity index (χ4v) is 5.99. The molecule has 2 heterocycles. The van der Waals surface area contributed by atoms with Crippen LogP contribution in [0.1, 0.15) is 49.3 Å². The SMILES string of the molecule is CCCCCCc1cc(C)c(-n2ccnc2-c2ccc3c(c2)c2ccccc2n3-c2ccccc2)c(C)c1. The van der Waals surface area contributed by atoms with Crippen LogP contribution in [0.4, 0.5) is 0 Å². The van der Waals surface area contributed by atoms with E-state index in [1.165, 1.54) is 75.6 Å². The molecule has 0 saturated carbocycles. The molecule has 0 unspecified atom stereocenters. The summed E-state index contributed by atoms with van der Waals surface area (Å²) in [7, 11) is 0. The second-order valence-corrected chi connectivity index (χ2v) is 10.4. The van der Waals surface area contributed by atoms with Crippen molar-refractivity contribution >= 4 is 21.8 Å². The van der Waals surface area contributed by atoms with E-state index >= 15 is 0 Å². The van der Waals surface area contributed by atoms with Gasteiger partial charge >= 0.3 is 0 Å². The van der Waals surface area contributed by atoms with Crippen LogP contribution >= 0.6 is 0 Å². The number of aryl methyl sites for hydroxylation is 3. The fraction of sp³-hybridized carbons (Fsp3) is 0.229. The van der Waals surface area contributed by atoms with Gasteiger partial charge < -0.3 is 4.57 Å². The number of hydrogen-bond acceptors (Lipinski definition) is 1. The second-order valence-electron chi connectivity index (χ2n) is 10.4. The van der Waals surface area contributed by atoms with Gasteiger partial charge in [0.05, 0.1) is 16.7 Å². The number of rotatable bonds is 8. The molecule has 0 N–H and O–H groups in total. The average molecular weight is 498 g/mol. The molecule has 0 bridgehead atoms. The largest absolute Gasteiger partial charge is 0.309 e. The van der Waals surface area contributed by atoms with Crippen LogP contribution in [0.2, 0.25) is 0 Å². The molecule has 3 nitrogen and oxygen atoms in total. The van der Waals surface area contributed by atoms with Crippen molar-refractivity contribution in [2.45, 2.75) is 52.9 Å². The first-order valence-corrected chi connectivity index (χ1v) is 13.9. The van der Waals surface area contributed by atoms with Gasteiger partial charge in [0.15, 0.2) is 0 Å². The zero-order valence-electron chi connectivity index (χ0n) is 22.6. The smallest absolute Gasteiger partial charge is 0.144 e. The molecule has 0 saturated heterocycles. The predicted molar refractivity (Wildman–Crippen MR) is 161 cm³/mol. The van der Waals surface area contributed by atoms with E-state index in [0.29, 0.717) is 0 Å². The number of hydrogen-bond donors (Lipinski definition) is 0. The molecular formula is C35H35N3. The molecule has 0 fully saturated rings. The zero-order chi connectivity index (χ0) is 26.1. The van der Waals surface area contributed by atoms with Crippen LogP contribution in [0.25, 0.3) is 44.6 Å². The van der Waals surface area contributed by atoms with E-state index < -0.39 is 0 Å². The molecule has 6 aromatic rings. The Morgan fingerprint density at radius 3 is 2.24 bits per heavy atom. The van der Waals surface area contributed by atoms with Gasteiger partial charge in [0.2, 0.25) is 0 Å². The summed E-state index contributed by atoms with van der Waals surface area (Å²) in [5.74, 6) is 0.977. The van der Waals surface area contributed by atoms with Gasteiger partial charge in [0.25, 0.3) is 0 Å². The lowest BCUT2D eigenvalue weighted by Gasteiger charge is -2.16. The maximum atomic E-state index is 4.85. The molecule has 2 aromatic heterocycles. The highest BCUT2D eigenvalue weighted by Crippen LogP contribution is 2.35. The number of fused-ring (bicyclic) bond motifs is 3. The summed E-state index contributed by atoms with van der Waals surface area (Å²) < 4.78 is 4.62. The van der Waals surface area contributed by atoms with E-state index in [-0.39, 0.29) is 0 Å². The van der Waals surface area contributed by atoms with Crippen molar-refractivity contribution in [3.63, 3.8) is 0 Å². The lowest BCUT2D eigenvalue weighted by Crippen LogP contribution is -2.03. The topological polar surface area (TPSA) is 22.8 Å². The monoisotopic (exact) mass is 497 g/mol. The van der Waals surface area contributed by atoms with E-state index in [9.17, 15) is 0 Å². The summed E-state index contributed by atoms with van der Waals surface area (Å²) in [6, 6.07) is 30.8. The van der Waals surface area contributed by atoms with Crippen molar-refractivity contribution in [1.82, 2.24) is 14.1 Å². The third kappa shape index (κ3) is 4.32. The minimum atomic E-state index is 0.977. The molecular weight excluding hydrogens is 462 g/mol. The summed E-state index contributed by atoms with van der Waals surface area (Å²) in [5.41, 5.74) is 10.0. The first kappa shape index (κ1) is 24.2. The van der Waals surface area contributed by atoms with Crippen LogP contribution in [-0.2, 0) is 6.42 Å². The van der Waals surface area contributed by atoms with E-state index in [1.807, 2.05) is 6.20 Å². The van der Waals surface area contributed by atoms with Crippen molar-refractivity contribution in [3.05, 3.63) is 114 Å². The summed E-state index contributed by atoms with van der Waals surface area (Å²) >= 11 is 0. The van der Waals surface area contributed by atoms with Crippen LogP contribution in [0.5, 0.6) is 0 Å². The normalized spacial score (nSPS) is 11.6. The number of unbranched alkanes of at least 4 members (excludes halogenated alkanes) is 3. The summed E-state index contributed by atoms with van der Waals surface area (Å²) in [6.07, 6.45) is 10.3. The Hall–Kier alpha value is -4.11. The van der Waals surface area contributed by atoms with Crippen LogP contribution < -0.4 is 0 Å². The van der Waals surface area contributed by atoms with Crippen LogP contribution in [-0.4, -0.2) is 14.1 Å². The van der Waals surface area contributed by atoms with Crippen molar-refractivity contribution in [2.24, 2.45) is 0 Å². The van der Waals surface area contributed by atoms with Gasteiger partial charge in [-0.3, -0.25) is 4.57 Å². The predicted octanol–water partition coefficient (Wildman–Crippen LogP) is 9.38. The number of aromatic nitrogens is 3. The Balaban J connectivity index is 1.43. The Kier molecular flexibility index (Phi) is 6.59. The molecule has 0 spiro atoms. The lowest BCUT2D eigenvalue weighted by atomic mass is 9.99. The minimum absolute atomic E-state index is 0.977. The van der Waals surface area contributed by atoms with Gasteiger partial charge in [-0.2, -0.15) is 0 Å². The maximum Gasteiger partial charge on any atom is 0.144 e. The van der Waals surface area contributed by atoms with Crippen molar-refractivity contribution < 1.29 is 0 Å². The first-order valence-electron chi connectivity index (χ1n) is 13.9. The quantitative estimate of drug-likeness (QED) is 0.192. The standard InChI is InChI=1S/C35H35N3/c1-4-5-6-8-13-27-22-25(2)34(26(3)23-27)37-21-20-36-35(37)28-18-19-33-31(24-28)30-16-11-12-17-32(30)38(33)29-14-9-7-10-15-29/h7,9-12,14-24H,4-6,8,13H2,1-3H3. The molecule has 3 heteroatoms. The van der Waals surface area contributed by atoms with Gasteiger partial charge in [-0.05, 0) is 79.8 Å². The third-order valence-corrected chi connectivity index (χ3v) is 7.70. The van der Waals surface area contributed by atoms with Gasteiger partial charge in [-0.15, -0.1) is 0 Å². The Morgan fingerprint density at radius 1 is 0.711 bits per heavy atom. The van der Waals surface area contributed by atoms with Gasteiger partial charge in [-0.1, -0.05) is 74.7 Å². The maximum absolute atomic E-state index is 4.85. The number of benzene rings is 4. The summed E-state index contributed by atoms with van der Waals surface area (Å²) in [4.78, 5) is 4.85. The average Bonchev–Trinajstić information content (AvgIpc) is 3.54. The van der Waals surface area contributed by atoms with Crippen molar-refractivity contribution in [3.8, 4) is 22.8 Å². The molecule has 0 radical (unpaired) electrons. The molecule has 0 aliphatic carbocycles. The van der Waals surface area contributed by atoms with E-state index in [0.717, 1.165) is 17.8 Å². The second kappa shape index (κ2) is 10.3. The molecule has 0 aliphatic rings. The fourth-order valence-electron chi connectivity index (χ4n) is 5.99. The van der Waals surface area contributed by atoms with Crippen LogP contribution in [0, 0.1) is 13.8 Å². The molecule has 0 aliphatic heterocycles. The number of imidazole rings is 1. The zero-order valence-corrected chi connectivity index (χ0v) is 22.6. The molecule has 4 aromatic carbocycles. The van der Waals surface area contributed by atoms with E-state index in [2.05, 4.69) is 121 Å². The van der Waals surface area contributed by atoms with Gasteiger partial charge in [0.1, 0.15) is 5.82 Å². The third-order valence-electron chi connectivity index (χ3n) is 7.70. The van der Waals surface area contributed by atoms with E-state index in [1.54, 1.807) is 0 Å². The van der Waals surface area contributed by atoms with Gasteiger partial charge in [-0.25, -0.2) is 4.98 Å². The molecule has 6 rings (SSSR count). The van der Waals surface area contributed by atoms with Crippen LogP contribution in [0.3, 0.4) is 0 Å². The highest BCUT2D eigenvalue weighted by Gasteiger charge is 2.17. The molecule has 190 valence electrons. The number of nitrogens with zero attached hydrogens (tertiary/aromatic N) is 3. The molecule has 38 heavy (non-hydrogen) atoms. The number of para-hydroxylation sites is 2. The Morgan fingerprint density at radius 2 is 1.45 bits per heavy atom. The molecule has 0 atom stereocenters. The highest BCUT2D eigenvalue weighted by molar-refractivity contribution is 6.10.